The van der Waals surface area contributed by atoms with Gasteiger partial charge >= 0.3 is 0 Å². The second-order valence-electron chi connectivity index (χ2n) is 5.52. The van der Waals surface area contributed by atoms with Crippen LogP contribution in [0.3, 0.4) is 0 Å². The fraction of sp³-hybridized carbons (Fsp3) is 0.526. The van der Waals surface area contributed by atoms with E-state index in [4.69, 9.17) is 19.2 Å². The predicted octanol–water partition coefficient (Wildman–Crippen LogP) is 3.71. The van der Waals surface area contributed by atoms with E-state index in [9.17, 15) is 0 Å². The fourth-order valence-corrected chi connectivity index (χ4v) is 3.28. The molecule has 0 amide bonds. The van der Waals surface area contributed by atoms with Crippen molar-refractivity contribution in [2.75, 3.05) is 58.1 Å². The summed E-state index contributed by atoms with van der Waals surface area (Å²) >= 11 is 1.68. The lowest BCUT2D eigenvalue weighted by Gasteiger charge is -2.21. The van der Waals surface area contributed by atoms with E-state index in [1.54, 1.807) is 18.4 Å². The number of thiazole rings is 1. The Labute approximate surface area is 154 Å². The SMILES string of the molecule is CCOCCOCCN(CCCOC)c1nc(-c2ccccc2)cs1. The Bertz CT molecular complexity index is 577. The highest BCUT2D eigenvalue weighted by atomic mass is 32.1. The zero-order chi connectivity index (χ0) is 17.7. The van der Waals surface area contributed by atoms with Gasteiger partial charge in [-0.15, -0.1) is 11.3 Å². The smallest absolute Gasteiger partial charge is 0.185 e. The van der Waals surface area contributed by atoms with Crippen LogP contribution >= 0.6 is 11.3 Å². The van der Waals surface area contributed by atoms with Crippen molar-refractivity contribution in [3.63, 3.8) is 0 Å². The predicted molar refractivity (Wildman–Crippen MR) is 104 cm³/mol. The maximum Gasteiger partial charge on any atom is 0.185 e. The summed E-state index contributed by atoms with van der Waals surface area (Å²) in [7, 11) is 1.73. The Morgan fingerprint density at radius 1 is 1.00 bits per heavy atom. The molecule has 6 heteroatoms. The highest BCUT2D eigenvalue weighted by molar-refractivity contribution is 7.14. The first-order valence-electron chi connectivity index (χ1n) is 8.75. The van der Waals surface area contributed by atoms with Crippen molar-refractivity contribution in [1.82, 2.24) is 4.98 Å². The molecule has 0 aliphatic heterocycles. The van der Waals surface area contributed by atoms with Crippen LogP contribution in [-0.4, -0.2) is 58.2 Å². The van der Waals surface area contributed by atoms with Crippen LogP contribution in [0, 0.1) is 0 Å². The maximum absolute atomic E-state index is 5.66. The van der Waals surface area contributed by atoms with E-state index in [1.807, 2.05) is 25.1 Å². The van der Waals surface area contributed by atoms with E-state index in [1.165, 1.54) is 0 Å². The summed E-state index contributed by atoms with van der Waals surface area (Å²) in [6.07, 6.45) is 0.968. The van der Waals surface area contributed by atoms with E-state index in [2.05, 4.69) is 22.4 Å². The quantitative estimate of drug-likeness (QED) is 0.507. The Hall–Kier alpha value is -1.47. The third-order valence-electron chi connectivity index (χ3n) is 3.69. The van der Waals surface area contributed by atoms with Crippen LogP contribution in [0.15, 0.2) is 35.7 Å². The zero-order valence-corrected chi connectivity index (χ0v) is 16.0. The number of nitrogens with zero attached hydrogens (tertiary/aromatic N) is 2. The molecular formula is C19H28N2O3S. The molecule has 1 heterocycles. The topological polar surface area (TPSA) is 43.8 Å². The van der Waals surface area contributed by atoms with Gasteiger partial charge in [-0.1, -0.05) is 30.3 Å². The van der Waals surface area contributed by atoms with E-state index in [0.717, 1.165) is 49.1 Å². The summed E-state index contributed by atoms with van der Waals surface area (Å²) in [6, 6.07) is 10.3. The van der Waals surface area contributed by atoms with Gasteiger partial charge in [0.05, 0.1) is 25.5 Å². The molecule has 0 fully saturated rings. The molecule has 0 unspecified atom stereocenters. The zero-order valence-electron chi connectivity index (χ0n) is 15.1. The average Bonchev–Trinajstić information content (AvgIpc) is 3.14. The number of rotatable bonds is 13. The van der Waals surface area contributed by atoms with Crippen molar-refractivity contribution in [1.29, 1.82) is 0 Å². The molecule has 5 nitrogen and oxygen atoms in total. The lowest BCUT2D eigenvalue weighted by molar-refractivity contribution is 0.0555. The first-order valence-corrected chi connectivity index (χ1v) is 9.63. The summed E-state index contributed by atoms with van der Waals surface area (Å²) in [5.41, 5.74) is 2.17. The van der Waals surface area contributed by atoms with Crippen molar-refractivity contribution < 1.29 is 14.2 Å². The van der Waals surface area contributed by atoms with Crippen LogP contribution in [0.1, 0.15) is 13.3 Å². The van der Waals surface area contributed by atoms with Crippen LogP contribution in [0.5, 0.6) is 0 Å². The molecule has 1 aromatic heterocycles. The molecule has 0 radical (unpaired) electrons. The third-order valence-corrected chi connectivity index (χ3v) is 4.59. The van der Waals surface area contributed by atoms with Crippen LogP contribution in [-0.2, 0) is 14.2 Å². The molecule has 0 aliphatic carbocycles. The molecule has 2 rings (SSSR count). The summed E-state index contributed by atoms with van der Waals surface area (Å²) < 4.78 is 16.1. The summed E-state index contributed by atoms with van der Waals surface area (Å²) in [5, 5.41) is 3.15. The number of ether oxygens (including phenoxy) is 3. The Kier molecular flexibility index (Phi) is 9.51. The Balaban J connectivity index is 1.91. The summed E-state index contributed by atoms with van der Waals surface area (Å²) in [5.74, 6) is 0. The molecule has 0 aliphatic rings. The van der Waals surface area contributed by atoms with Crippen molar-refractivity contribution in [3.8, 4) is 11.3 Å². The standard InChI is InChI=1S/C19H28N2O3S/c1-3-23-14-15-24-13-11-21(10-7-12-22-2)19-20-18(16-25-19)17-8-5-4-6-9-17/h4-6,8-9,16H,3,7,10-15H2,1-2H3. The van der Waals surface area contributed by atoms with E-state index >= 15 is 0 Å². The number of hydrogen-bond donors (Lipinski definition) is 0. The third kappa shape index (κ3) is 7.12. The van der Waals surface area contributed by atoms with E-state index in [0.29, 0.717) is 19.8 Å². The molecule has 138 valence electrons. The van der Waals surface area contributed by atoms with Gasteiger partial charge in [0.2, 0.25) is 0 Å². The molecule has 0 spiro atoms. The number of methoxy groups -OCH3 is 1. The number of benzene rings is 1. The van der Waals surface area contributed by atoms with Gasteiger partial charge in [-0.25, -0.2) is 4.98 Å². The van der Waals surface area contributed by atoms with Crippen molar-refractivity contribution >= 4 is 16.5 Å². The van der Waals surface area contributed by atoms with Gasteiger partial charge in [0, 0.05) is 44.4 Å². The van der Waals surface area contributed by atoms with Gasteiger partial charge in [-0.05, 0) is 13.3 Å². The van der Waals surface area contributed by atoms with Gasteiger partial charge in [0.1, 0.15) is 0 Å². The van der Waals surface area contributed by atoms with E-state index < -0.39 is 0 Å². The molecule has 0 saturated heterocycles. The summed E-state index contributed by atoms with van der Waals surface area (Å²) in [4.78, 5) is 7.09. The van der Waals surface area contributed by atoms with Crippen LogP contribution in [0.25, 0.3) is 11.3 Å². The van der Waals surface area contributed by atoms with Crippen LogP contribution < -0.4 is 4.90 Å². The molecule has 0 bridgehead atoms. The average molecular weight is 365 g/mol. The molecule has 2 aromatic rings. The number of aromatic nitrogens is 1. The molecular weight excluding hydrogens is 336 g/mol. The Morgan fingerprint density at radius 3 is 2.56 bits per heavy atom. The van der Waals surface area contributed by atoms with Gasteiger partial charge < -0.3 is 19.1 Å². The van der Waals surface area contributed by atoms with Crippen molar-refractivity contribution in [2.24, 2.45) is 0 Å². The normalized spacial score (nSPS) is 11.0. The molecule has 0 atom stereocenters. The van der Waals surface area contributed by atoms with E-state index in [-0.39, 0.29) is 0 Å². The number of hydrogen-bond acceptors (Lipinski definition) is 6. The minimum absolute atomic E-state index is 0.632. The lowest BCUT2D eigenvalue weighted by atomic mass is 10.2. The minimum Gasteiger partial charge on any atom is -0.385 e. The molecule has 1 aromatic carbocycles. The first kappa shape index (κ1) is 19.8. The minimum atomic E-state index is 0.632. The summed E-state index contributed by atoms with van der Waals surface area (Å²) in [6.45, 7) is 7.14. The highest BCUT2D eigenvalue weighted by Gasteiger charge is 2.12. The fourth-order valence-electron chi connectivity index (χ4n) is 2.39. The van der Waals surface area contributed by atoms with Crippen LogP contribution in [0.2, 0.25) is 0 Å². The molecule has 0 N–H and O–H groups in total. The van der Waals surface area contributed by atoms with Crippen molar-refractivity contribution in [2.45, 2.75) is 13.3 Å². The lowest BCUT2D eigenvalue weighted by Crippen LogP contribution is -2.29. The molecule has 25 heavy (non-hydrogen) atoms. The Morgan fingerprint density at radius 2 is 1.80 bits per heavy atom. The number of anilines is 1. The highest BCUT2D eigenvalue weighted by Crippen LogP contribution is 2.27. The first-order chi connectivity index (χ1) is 12.3. The second kappa shape index (κ2) is 12.0. The van der Waals surface area contributed by atoms with Gasteiger partial charge in [-0.3, -0.25) is 0 Å². The second-order valence-corrected chi connectivity index (χ2v) is 6.36. The monoisotopic (exact) mass is 364 g/mol. The van der Waals surface area contributed by atoms with Gasteiger partial charge in [-0.2, -0.15) is 0 Å². The van der Waals surface area contributed by atoms with Gasteiger partial charge in [0.15, 0.2) is 5.13 Å². The van der Waals surface area contributed by atoms with Crippen LogP contribution in [0.4, 0.5) is 5.13 Å². The maximum atomic E-state index is 5.66. The largest absolute Gasteiger partial charge is 0.385 e. The van der Waals surface area contributed by atoms with Crippen molar-refractivity contribution in [3.05, 3.63) is 35.7 Å². The van der Waals surface area contributed by atoms with Gasteiger partial charge in [0.25, 0.3) is 0 Å². The molecule has 0 saturated carbocycles.